The van der Waals surface area contributed by atoms with Crippen LogP contribution in [-0.4, -0.2) is 35.3 Å². The van der Waals surface area contributed by atoms with Crippen LogP contribution in [0.2, 0.25) is 0 Å². The second kappa shape index (κ2) is 3.95. The highest BCUT2D eigenvalue weighted by Crippen LogP contribution is 2.12. The summed E-state index contributed by atoms with van der Waals surface area (Å²) >= 11 is 0. The van der Waals surface area contributed by atoms with Crippen LogP contribution in [0.15, 0.2) is 25.6 Å². The van der Waals surface area contributed by atoms with Crippen LogP contribution in [0, 0.1) is 0 Å². The van der Waals surface area contributed by atoms with E-state index in [0.29, 0.717) is 0 Å². The molecule has 0 spiro atoms. The Morgan fingerprint density at radius 3 is 2.00 bits per heavy atom. The second-order valence-electron chi connectivity index (χ2n) is 2.74. The van der Waals surface area contributed by atoms with Gasteiger partial charge in [-0.3, -0.25) is 4.79 Å². The van der Waals surface area contributed by atoms with E-state index in [-0.39, 0.29) is 6.17 Å². The van der Waals surface area contributed by atoms with Gasteiger partial charge < -0.3 is 9.80 Å². The van der Waals surface area contributed by atoms with Gasteiger partial charge in [0.15, 0.2) is 12.5 Å². The van der Waals surface area contributed by atoms with Crippen molar-refractivity contribution in [2.45, 2.75) is 12.6 Å². The molecule has 0 aromatic heterocycles. The van der Waals surface area contributed by atoms with E-state index in [1.54, 1.807) is 12.4 Å². The fourth-order valence-corrected chi connectivity index (χ4v) is 1.45. The van der Waals surface area contributed by atoms with Crippen LogP contribution in [0.4, 0.5) is 0 Å². The van der Waals surface area contributed by atoms with Gasteiger partial charge in [0.1, 0.15) is 0 Å². The van der Waals surface area contributed by atoms with E-state index in [2.05, 4.69) is 13.2 Å². The van der Waals surface area contributed by atoms with Gasteiger partial charge in [0.05, 0.1) is 0 Å². The van der Waals surface area contributed by atoms with Gasteiger partial charge in [-0.2, -0.15) is 0 Å². The summed E-state index contributed by atoms with van der Waals surface area (Å²) < 4.78 is 0. The minimum atomic E-state index is -0.200. The largest absolute Gasteiger partial charge is 0.352 e. The van der Waals surface area contributed by atoms with Gasteiger partial charge in [0.25, 0.3) is 0 Å². The van der Waals surface area contributed by atoms with Crippen molar-refractivity contribution in [2.24, 2.45) is 0 Å². The highest BCUT2D eigenvalue weighted by Gasteiger charge is 2.23. The maximum absolute atomic E-state index is 10.7. The molecule has 0 bridgehead atoms. The molecule has 0 saturated carbocycles. The lowest BCUT2D eigenvalue weighted by Crippen LogP contribution is -2.49. The summed E-state index contributed by atoms with van der Waals surface area (Å²) in [4.78, 5) is 14.5. The van der Waals surface area contributed by atoms with E-state index in [1.807, 2.05) is 9.80 Å². The zero-order valence-electron chi connectivity index (χ0n) is 7.15. The van der Waals surface area contributed by atoms with Gasteiger partial charge in [-0.15, -0.1) is 0 Å². The molecule has 0 aliphatic carbocycles. The van der Waals surface area contributed by atoms with Crippen molar-refractivity contribution in [1.82, 2.24) is 9.80 Å². The fourth-order valence-electron chi connectivity index (χ4n) is 1.45. The maximum Gasteiger partial charge on any atom is 0.162 e. The highest BCUT2D eigenvalue weighted by molar-refractivity contribution is 5.57. The molecule has 0 atom stereocenters. The minimum Gasteiger partial charge on any atom is -0.352 e. The molecule has 1 rings (SSSR count). The van der Waals surface area contributed by atoms with Crippen molar-refractivity contribution in [2.75, 3.05) is 13.1 Å². The first-order valence-corrected chi connectivity index (χ1v) is 4.05. The van der Waals surface area contributed by atoms with Crippen LogP contribution in [0.5, 0.6) is 0 Å². The van der Waals surface area contributed by atoms with E-state index >= 15 is 0 Å². The van der Waals surface area contributed by atoms with Crippen LogP contribution in [0.3, 0.4) is 0 Å². The molecule has 1 aliphatic heterocycles. The highest BCUT2D eigenvalue weighted by atomic mass is 16.1. The molecular formula is C9H14N2O. The van der Waals surface area contributed by atoms with Crippen LogP contribution >= 0.6 is 0 Å². The SMILES string of the molecule is C=CN1CCCN(C=C)C1C=O. The number of aldehydes is 1. The molecule has 1 saturated heterocycles. The Morgan fingerprint density at radius 2 is 1.67 bits per heavy atom. The van der Waals surface area contributed by atoms with Gasteiger partial charge in [-0.05, 0) is 18.8 Å². The zero-order valence-corrected chi connectivity index (χ0v) is 7.15. The van der Waals surface area contributed by atoms with Crippen molar-refractivity contribution in [3.8, 4) is 0 Å². The summed E-state index contributed by atoms with van der Waals surface area (Å²) in [5, 5.41) is 0. The van der Waals surface area contributed by atoms with E-state index in [1.165, 1.54) is 0 Å². The van der Waals surface area contributed by atoms with Crippen LogP contribution < -0.4 is 0 Å². The van der Waals surface area contributed by atoms with E-state index in [9.17, 15) is 4.79 Å². The predicted octanol–water partition coefficient (Wildman–Crippen LogP) is 0.806. The summed E-state index contributed by atoms with van der Waals surface area (Å²) in [6, 6.07) is 0. The normalized spacial score (nSPS) is 19.0. The molecule has 0 N–H and O–H groups in total. The Morgan fingerprint density at radius 1 is 1.17 bits per heavy atom. The second-order valence-corrected chi connectivity index (χ2v) is 2.74. The Kier molecular flexibility index (Phi) is 2.91. The Hall–Kier alpha value is -1.25. The van der Waals surface area contributed by atoms with Gasteiger partial charge >= 0.3 is 0 Å². The molecular weight excluding hydrogens is 152 g/mol. The van der Waals surface area contributed by atoms with Crippen LogP contribution in [0.25, 0.3) is 0 Å². The predicted molar refractivity (Wildman–Crippen MR) is 48.3 cm³/mol. The molecule has 3 nitrogen and oxygen atoms in total. The smallest absolute Gasteiger partial charge is 0.162 e. The topological polar surface area (TPSA) is 23.6 Å². The molecule has 0 unspecified atom stereocenters. The van der Waals surface area contributed by atoms with E-state index in [0.717, 1.165) is 25.8 Å². The quantitative estimate of drug-likeness (QED) is 0.579. The Bertz CT molecular complexity index is 175. The third-order valence-electron chi connectivity index (χ3n) is 2.10. The number of hydrogen-bond acceptors (Lipinski definition) is 3. The van der Waals surface area contributed by atoms with Crippen LogP contribution in [-0.2, 0) is 4.79 Å². The molecule has 3 heteroatoms. The summed E-state index contributed by atoms with van der Waals surface area (Å²) in [6.45, 7) is 9.11. The van der Waals surface area contributed by atoms with E-state index in [4.69, 9.17) is 0 Å². The summed E-state index contributed by atoms with van der Waals surface area (Å²) in [5.74, 6) is 0. The number of nitrogens with zero attached hydrogens (tertiary/aromatic N) is 2. The average Bonchev–Trinajstić information content (AvgIpc) is 2.16. The fraction of sp³-hybridized carbons (Fsp3) is 0.444. The molecule has 0 radical (unpaired) electrons. The third-order valence-corrected chi connectivity index (χ3v) is 2.10. The number of carbonyl (C=O) groups excluding carboxylic acids is 1. The first kappa shape index (κ1) is 8.84. The lowest BCUT2D eigenvalue weighted by Gasteiger charge is -2.39. The first-order valence-electron chi connectivity index (χ1n) is 4.05. The molecule has 0 amide bonds. The summed E-state index contributed by atoms with van der Waals surface area (Å²) in [5.41, 5.74) is 0. The molecule has 1 heterocycles. The summed E-state index contributed by atoms with van der Waals surface area (Å²) in [6.07, 6.45) is 5.17. The average molecular weight is 166 g/mol. The summed E-state index contributed by atoms with van der Waals surface area (Å²) in [7, 11) is 0. The van der Waals surface area contributed by atoms with Crippen molar-refractivity contribution >= 4 is 6.29 Å². The van der Waals surface area contributed by atoms with Crippen molar-refractivity contribution in [3.05, 3.63) is 25.6 Å². The third kappa shape index (κ3) is 1.49. The van der Waals surface area contributed by atoms with Crippen molar-refractivity contribution in [1.29, 1.82) is 0 Å². The first-order chi connectivity index (χ1) is 5.83. The monoisotopic (exact) mass is 166 g/mol. The molecule has 1 fully saturated rings. The van der Waals surface area contributed by atoms with Crippen LogP contribution in [0.1, 0.15) is 6.42 Å². The lowest BCUT2D eigenvalue weighted by atomic mass is 10.2. The van der Waals surface area contributed by atoms with Gasteiger partial charge in [-0.25, -0.2) is 0 Å². The number of rotatable bonds is 3. The number of carbonyl (C=O) groups is 1. The molecule has 0 aromatic rings. The zero-order chi connectivity index (χ0) is 8.97. The van der Waals surface area contributed by atoms with Gasteiger partial charge in [0.2, 0.25) is 0 Å². The minimum absolute atomic E-state index is 0.200. The maximum atomic E-state index is 10.7. The van der Waals surface area contributed by atoms with Crippen molar-refractivity contribution < 1.29 is 4.79 Å². The van der Waals surface area contributed by atoms with Gasteiger partial charge in [-0.1, -0.05) is 13.2 Å². The number of hydrogen-bond donors (Lipinski definition) is 0. The lowest BCUT2D eigenvalue weighted by molar-refractivity contribution is -0.117. The Labute approximate surface area is 73.0 Å². The Balaban J connectivity index is 2.70. The van der Waals surface area contributed by atoms with E-state index < -0.39 is 0 Å². The molecule has 66 valence electrons. The standard InChI is InChI=1S/C9H14N2O/c1-3-10-6-5-7-11(4-2)9(10)8-12/h3-4,8-9H,1-2,5-7H2. The van der Waals surface area contributed by atoms with Crippen molar-refractivity contribution in [3.63, 3.8) is 0 Å². The van der Waals surface area contributed by atoms with Gasteiger partial charge in [0, 0.05) is 13.1 Å². The molecule has 12 heavy (non-hydrogen) atoms. The molecule has 0 aromatic carbocycles. The molecule has 1 aliphatic rings.